The Morgan fingerprint density at radius 1 is 0.808 bits per heavy atom. The number of alkyl halides is 9. The van der Waals surface area contributed by atoms with Crippen molar-refractivity contribution in [3.8, 4) is 0 Å². The Hall–Kier alpha value is -1.49. The predicted octanol–water partition coefficient (Wildman–Crippen LogP) is 4.62. The number of nitrogens with one attached hydrogen (secondary N) is 1. The Bertz CT molecular complexity index is 581. The van der Waals surface area contributed by atoms with Gasteiger partial charge in [0.25, 0.3) is 0 Å². The summed E-state index contributed by atoms with van der Waals surface area (Å²) in [7, 11) is 0. The first-order valence-corrected chi connectivity index (χ1v) is 7.58. The number of piperazine rings is 1. The normalized spacial score (nSPS) is 18.8. The number of halogens is 9. The summed E-state index contributed by atoms with van der Waals surface area (Å²) in [5.41, 5.74) is -3.89. The van der Waals surface area contributed by atoms with Gasteiger partial charge in [0.2, 0.25) is 0 Å². The van der Waals surface area contributed by atoms with Crippen LogP contribution in [0.15, 0.2) is 18.2 Å². The Morgan fingerprint density at radius 3 is 1.65 bits per heavy atom. The fourth-order valence-corrected chi connectivity index (χ4v) is 2.84. The molecule has 26 heavy (non-hydrogen) atoms. The van der Waals surface area contributed by atoms with Crippen LogP contribution in [0.2, 0.25) is 0 Å². The fraction of sp³-hybridized carbons (Fsp3) is 0.600. The summed E-state index contributed by atoms with van der Waals surface area (Å²) in [5.74, 6) is 0. The van der Waals surface area contributed by atoms with E-state index in [2.05, 4.69) is 5.32 Å². The van der Waals surface area contributed by atoms with E-state index in [0.717, 1.165) is 0 Å². The molecule has 0 aromatic heterocycles. The van der Waals surface area contributed by atoms with E-state index in [-0.39, 0.29) is 19.2 Å². The summed E-state index contributed by atoms with van der Waals surface area (Å²) >= 11 is 0. The quantitative estimate of drug-likeness (QED) is 0.753. The molecule has 1 atom stereocenters. The van der Waals surface area contributed by atoms with Crippen molar-refractivity contribution in [2.24, 2.45) is 0 Å². The van der Waals surface area contributed by atoms with Crippen LogP contribution < -0.4 is 5.32 Å². The molecule has 0 saturated carbocycles. The van der Waals surface area contributed by atoms with Crippen molar-refractivity contribution < 1.29 is 39.5 Å². The molecule has 0 spiro atoms. The van der Waals surface area contributed by atoms with E-state index in [9.17, 15) is 39.5 Å². The maximum Gasteiger partial charge on any atom is 0.416 e. The molecular weight excluding hydrogens is 379 g/mol. The van der Waals surface area contributed by atoms with Crippen molar-refractivity contribution >= 4 is 0 Å². The first-order valence-electron chi connectivity index (χ1n) is 7.58. The van der Waals surface area contributed by atoms with Gasteiger partial charge < -0.3 is 5.32 Å². The molecule has 1 aromatic rings. The van der Waals surface area contributed by atoms with Gasteiger partial charge in [-0.3, -0.25) is 4.90 Å². The van der Waals surface area contributed by atoms with Gasteiger partial charge in [-0.1, -0.05) is 0 Å². The van der Waals surface area contributed by atoms with Crippen LogP contribution in [0.4, 0.5) is 39.5 Å². The summed E-state index contributed by atoms with van der Waals surface area (Å²) in [6, 6.07) is -0.978. The van der Waals surface area contributed by atoms with Crippen LogP contribution >= 0.6 is 0 Å². The third-order valence-electron chi connectivity index (χ3n) is 4.01. The molecule has 1 aromatic carbocycles. The van der Waals surface area contributed by atoms with Crippen LogP contribution in [0.1, 0.15) is 29.2 Å². The lowest BCUT2D eigenvalue weighted by Gasteiger charge is -2.36. The van der Waals surface area contributed by atoms with E-state index in [1.54, 1.807) is 0 Å². The van der Waals surface area contributed by atoms with Crippen molar-refractivity contribution in [3.63, 3.8) is 0 Å². The third kappa shape index (κ3) is 5.50. The van der Waals surface area contributed by atoms with Crippen LogP contribution in [-0.4, -0.2) is 37.3 Å². The van der Waals surface area contributed by atoms with Crippen molar-refractivity contribution in [2.45, 2.75) is 31.0 Å². The number of benzene rings is 1. The molecule has 0 bridgehead atoms. The molecule has 0 aliphatic carbocycles. The zero-order valence-corrected chi connectivity index (χ0v) is 13.2. The number of hydrogen-bond donors (Lipinski definition) is 1. The number of hydrogen-bond acceptors (Lipinski definition) is 2. The van der Waals surface area contributed by atoms with Gasteiger partial charge in [0.1, 0.15) is 0 Å². The van der Waals surface area contributed by atoms with Gasteiger partial charge in [0.15, 0.2) is 0 Å². The summed E-state index contributed by atoms with van der Waals surface area (Å²) in [6.45, 7) is 0.746. The van der Waals surface area contributed by atoms with Crippen molar-refractivity contribution in [1.82, 2.24) is 10.2 Å². The Balaban J connectivity index is 2.54. The van der Waals surface area contributed by atoms with E-state index in [1.807, 2.05) is 0 Å². The van der Waals surface area contributed by atoms with E-state index < -0.39 is 47.7 Å². The molecular formula is C15H15F9N2. The largest absolute Gasteiger partial charge is 0.416 e. The highest BCUT2D eigenvalue weighted by Gasteiger charge is 2.40. The van der Waals surface area contributed by atoms with Crippen LogP contribution in [0, 0.1) is 0 Å². The molecule has 1 N–H and O–H groups in total. The summed E-state index contributed by atoms with van der Waals surface area (Å²) in [5, 5.41) is 2.87. The zero-order valence-electron chi connectivity index (χ0n) is 13.2. The summed E-state index contributed by atoms with van der Waals surface area (Å²) in [6.07, 6.45) is -16.5. The first-order chi connectivity index (χ1) is 11.8. The first kappa shape index (κ1) is 20.8. The lowest BCUT2D eigenvalue weighted by molar-refractivity contribution is -0.149. The second-order valence-corrected chi connectivity index (χ2v) is 5.96. The van der Waals surface area contributed by atoms with E-state index in [4.69, 9.17) is 0 Å². The van der Waals surface area contributed by atoms with Gasteiger partial charge >= 0.3 is 18.5 Å². The van der Waals surface area contributed by atoms with Crippen molar-refractivity contribution in [2.75, 3.05) is 26.2 Å². The predicted molar refractivity (Wildman–Crippen MR) is 74.3 cm³/mol. The van der Waals surface area contributed by atoms with Crippen molar-refractivity contribution in [1.29, 1.82) is 0 Å². The van der Waals surface area contributed by atoms with Crippen LogP contribution in [0.5, 0.6) is 0 Å². The monoisotopic (exact) mass is 394 g/mol. The molecule has 1 saturated heterocycles. The third-order valence-corrected chi connectivity index (χ3v) is 4.01. The minimum Gasteiger partial charge on any atom is -0.314 e. The molecule has 0 amide bonds. The SMILES string of the molecule is FC(F)(F)C[C@H](c1cc(C(F)(F)F)cc(C(F)(F)F)c1)N1CCNCC1. The molecule has 1 aliphatic heterocycles. The fourth-order valence-electron chi connectivity index (χ4n) is 2.84. The lowest BCUT2D eigenvalue weighted by Crippen LogP contribution is -2.46. The minimum absolute atomic E-state index is 0.0817. The summed E-state index contributed by atoms with van der Waals surface area (Å²) in [4.78, 5) is 1.25. The molecule has 0 unspecified atom stereocenters. The van der Waals surface area contributed by atoms with Crippen LogP contribution in [0.25, 0.3) is 0 Å². The standard InChI is InChI=1S/C15H15F9N2/c16-13(17,18)8-12(26-3-1-25-2-4-26)9-5-10(14(19,20)21)7-11(6-9)15(22,23)24/h5-7,12,25H,1-4,8H2/t12-/m1/s1. The second kappa shape index (κ2) is 7.26. The molecule has 148 valence electrons. The van der Waals surface area contributed by atoms with Crippen LogP contribution in [0.3, 0.4) is 0 Å². The molecule has 2 rings (SSSR count). The van der Waals surface area contributed by atoms with Gasteiger partial charge in [-0.05, 0) is 23.8 Å². The number of rotatable bonds is 3. The van der Waals surface area contributed by atoms with Gasteiger partial charge in [0, 0.05) is 32.2 Å². The Labute approximate surface area is 143 Å². The lowest BCUT2D eigenvalue weighted by atomic mass is 9.95. The molecule has 11 heteroatoms. The molecule has 2 nitrogen and oxygen atoms in total. The highest BCUT2D eigenvalue weighted by Crippen LogP contribution is 2.41. The van der Waals surface area contributed by atoms with Crippen LogP contribution in [-0.2, 0) is 12.4 Å². The molecule has 1 fully saturated rings. The van der Waals surface area contributed by atoms with E-state index in [1.165, 1.54) is 4.90 Å². The van der Waals surface area contributed by atoms with Crippen molar-refractivity contribution in [3.05, 3.63) is 34.9 Å². The number of nitrogens with zero attached hydrogens (tertiary/aromatic N) is 1. The Morgan fingerprint density at radius 2 is 1.27 bits per heavy atom. The Kier molecular flexibility index (Phi) is 5.81. The smallest absolute Gasteiger partial charge is 0.314 e. The highest BCUT2D eigenvalue weighted by molar-refractivity contribution is 5.35. The van der Waals surface area contributed by atoms with Gasteiger partial charge in [-0.25, -0.2) is 0 Å². The average Bonchev–Trinajstić information content (AvgIpc) is 2.50. The van der Waals surface area contributed by atoms with Gasteiger partial charge in [0.05, 0.1) is 17.5 Å². The summed E-state index contributed by atoms with van der Waals surface area (Å²) < 4.78 is 117. The topological polar surface area (TPSA) is 15.3 Å². The second-order valence-electron chi connectivity index (χ2n) is 5.96. The van der Waals surface area contributed by atoms with Gasteiger partial charge in [-0.15, -0.1) is 0 Å². The maximum atomic E-state index is 13.0. The molecule has 0 radical (unpaired) electrons. The highest BCUT2D eigenvalue weighted by atomic mass is 19.4. The zero-order chi connectivity index (χ0) is 19.8. The average molecular weight is 394 g/mol. The minimum atomic E-state index is -5.11. The molecule has 1 heterocycles. The maximum absolute atomic E-state index is 13.0. The molecule has 1 aliphatic rings. The van der Waals surface area contributed by atoms with E-state index in [0.29, 0.717) is 25.2 Å². The van der Waals surface area contributed by atoms with Gasteiger partial charge in [-0.2, -0.15) is 39.5 Å². The van der Waals surface area contributed by atoms with E-state index >= 15 is 0 Å².